The van der Waals surface area contributed by atoms with E-state index in [1.807, 2.05) is 0 Å². The molecule has 1 atom stereocenters. The fourth-order valence-corrected chi connectivity index (χ4v) is 2.99. The summed E-state index contributed by atoms with van der Waals surface area (Å²) < 4.78 is 40.6. The highest BCUT2D eigenvalue weighted by atomic mass is 19.4. The number of carbonyl (C=O) groups excluding carboxylic acids is 1. The van der Waals surface area contributed by atoms with Crippen LogP contribution in [0.25, 0.3) is 0 Å². The van der Waals surface area contributed by atoms with E-state index in [0.29, 0.717) is 0 Å². The van der Waals surface area contributed by atoms with Gasteiger partial charge in [-0.25, -0.2) is 0 Å². The van der Waals surface area contributed by atoms with Crippen LogP contribution in [0, 0.1) is 6.92 Å². The summed E-state index contributed by atoms with van der Waals surface area (Å²) in [6.07, 6.45) is -0.718. The van der Waals surface area contributed by atoms with E-state index in [9.17, 15) is 18.0 Å². The number of nitrogens with one attached hydrogen (secondary N) is 2. The van der Waals surface area contributed by atoms with Gasteiger partial charge in [0.1, 0.15) is 0 Å². The molecule has 0 aliphatic carbocycles. The van der Waals surface area contributed by atoms with E-state index in [1.165, 1.54) is 19.1 Å². The Kier molecular flexibility index (Phi) is 4.80. The standard InChI is InChI=1S/C17H19F3N4O/c1-11-13(17(18,19)20)5-2-6-14(11)22-16(25)15-7-9-24(23-15)12-4-3-8-21-10-12/h2,5-7,9,12,21H,3-4,8,10H2,1H3,(H,22,25). The molecule has 2 N–H and O–H groups in total. The third-order valence-corrected chi connectivity index (χ3v) is 4.37. The van der Waals surface area contributed by atoms with Gasteiger partial charge >= 0.3 is 6.18 Å². The lowest BCUT2D eigenvalue weighted by Crippen LogP contribution is -2.32. The summed E-state index contributed by atoms with van der Waals surface area (Å²) in [6.45, 7) is 3.10. The molecule has 1 aliphatic heterocycles. The Bertz CT molecular complexity index is 763. The molecule has 1 aliphatic rings. The van der Waals surface area contributed by atoms with Crippen molar-refractivity contribution >= 4 is 11.6 Å². The zero-order chi connectivity index (χ0) is 18.0. The summed E-state index contributed by atoms with van der Waals surface area (Å²) in [7, 11) is 0. The fourth-order valence-electron chi connectivity index (χ4n) is 2.99. The molecule has 1 aromatic carbocycles. The molecule has 2 heterocycles. The second-order valence-corrected chi connectivity index (χ2v) is 6.11. The van der Waals surface area contributed by atoms with Gasteiger partial charge in [0.15, 0.2) is 5.69 Å². The van der Waals surface area contributed by atoms with E-state index in [4.69, 9.17) is 0 Å². The maximum Gasteiger partial charge on any atom is 0.416 e. The molecule has 1 aromatic heterocycles. The van der Waals surface area contributed by atoms with Crippen molar-refractivity contribution in [2.75, 3.05) is 18.4 Å². The minimum Gasteiger partial charge on any atom is -0.320 e. The molecular formula is C17H19F3N4O. The summed E-state index contributed by atoms with van der Waals surface area (Å²) in [5.41, 5.74) is -0.459. The number of hydrogen-bond acceptors (Lipinski definition) is 3. The van der Waals surface area contributed by atoms with Gasteiger partial charge in [0.2, 0.25) is 0 Å². The first-order valence-corrected chi connectivity index (χ1v) is 8.10. The molecule has 134 valence electrons. The van der Waals surface area contributed by atoms with Gasteiger partial charge in [-0.2, -0.15) is 18.3 Å². The topological polar surface area (TPSA) is 59.0 Å². The van der Waals surface area contributed by atoms with Crippen molar-refractivity contribution in [2.45, 2.75) is 32.0 Å². The van der Waals surface area contributed by atoms with Gasteiger partial charge in [-0.1, -0.05) is 6.07 Å². The van der Waals surface area contributed by atoms with Gasteiger partial charge in [0.05, 0.1) is 11.6 Å². The number of anilines is 1. The van der Waals surface area contributed by atoms with E-state index in [-0.39, 0.29) is 23.0 Å². The lowest BCUT2D eigenvalue weighted by Gasteiger charge is -2.22. The van der Waals surface area contributed by atoms with Crippen molar-refractivity contribution in [1.82, 2.24) is 15.1 Å². The van der Waals surface area contributed by atoms with Gasteiger partial charge in [-0.3, -0.25) is 9.48 Å². The van der Waals surface area contributed by atoms with Crippen LogP contribution in [-0.4, -0.2) is 28.8 Å². The van der Waals surface area contributed by atoms with E-state index in [1.54, 1.807) is 16.9 Å². The Balaban J connectivity index is 1.76. The Hall–Kier alpha value is -2.35. The summed E-state index contributed by atoms with van der Waals surface area (Å²) in [5, 5.41) is 10.1. The molecule has 8 heteroatoms. The lowest BCUT2D eigenvalue weighted by molar-refractivity contribution is -0.138. The molecule has 1 unspecified atom stereocenters. The van der Waals surface area contributed by atoms with E-state index in [0.717, 1.165) is 32.0 Å². The first-order chi connectivity index (χ1) is 11.9. The van der Waals surface area contributed by atoms with Gasteiger partial charge in [-0.05, 0) is 50.1 Å². The number of nitrogens with zero attached hydrogens (tertiary/aromatic N) is 2. The van der Waals surface area contributed by atoms with Crippen molar-refractivity contribution in [1.29, 1.82) is 0 Å². The first kappa shape index (κ1) is 17.5. The molecule has 0 bridgehead atoms. The van der Waals surface area contributed by atoms with Crippen LogP contribution < -0.4 is 10.6 Å². The van der Waals surface area contributed by atoms with Gasteiger partial charge in [-0.15, -0.1) is 0 Å². The van der Waals surface area contributed by atoms with E-state index < -0.39 is 17.6 Å². The second kappa shape index (κ2) is 6.87. The van der Waals surface area contributed by atoms with Gasteiger partial charge < -0.3 is 10.6 Å². The molecule has 3 rings (SSSR count). The Morgan fingerprint density at radius 2 is 2.16 bits per heavy atom. The highest BCUT2D eigenvalue weighted by molar-refractivity contribution is 6.03. The van der Waals surface area contributed by atoms with Gasteiger partial charge in [0.25, 0.3) is 5.91 Å². The number of hydrogen-bond donors (Lipinski definition) is 2. The Morgan fingerprint density at radius 1 is 1.36 bits per heavy atom. The van der Waals surface area contributed by atoms with Crippen molar-refractivity contribution in [3.8, 4) is 0 Å². The van der Waals surface area contributed by atoms with Crippen LogP contribution in [0.2, 0.25) is 0 Å². The first-order valence-electron chi connectivity index (χ1n) is 8.10. The molecule has 0 radical (unpaired) electrons. The molecular weight excluding hydrogens is 333 g/mol. The quantitative estimate of drug-likeness (QED) is 0.890. The molecule has 0 saturated carbocycles. The number of benzene rings is 1. The average molecular weight is 352 g/mol. The zero-order valence-electron chi connectivity index (χ0n) is 13.7. The largest absolute Gasteiger partial charge is 0.416 e. The fraction of sp³-hybridized carbons (Fsp3) is 0.412. The van der Waals surface area contributed by atoms with Crippen LogP contribution in [0.5, 0.6) is 0 Å². The minimum atomic E-state index is -4.46. The summed E-state index contributed by atoms with van der Waals surface area (Å²) >= 11 is 0. The number of amides is 1. The van der Waals surface area contributed by atoms with E-state index >= 15 is 0 Å². The van der Waals surface area contributed by atoms with Crippen molar-refractivity contribution < 1.29 is 18.0 Å². The van der Waals surface area contributed by atoms with Crippen LogP contribution in [0.15, 0.2) is 30.5 Å². The molecule has 5 nitrogen and oxygen atoms in total. The van der Waals surface area contributed by atoms with Crippen LogP contribution in [0.3, 0.4) is 0 Å². The van der Waals surface area contributed by atoms with Gasteiger partial charge in [0, 0.05) is 18.4 Å². The SMILES string of the molecule is Cc1c(NC(=O)c2ccn(C3CCCNC3)n2)cccc1C(F)(F)F. The minimum absolute atomic E-state index is 0.0146. The molecule has 2 aromatic rings. The highest BCUT2D eigenvalue weighted by Gasteiger charge is 2.33. The zero-order valence-corrected chi connectivity index (χ0v) is 13.7. The van der Waals surface area contributed by atoms with Crippen molar-refractivity contribution in [2.24, 2.45) is 0 Å². The third kappa shape index (κ3) is 3.84. The maximum atomic E-state index is 13.0. The Labute approximate surface area is 143 Å². The number of rotatable bonds is 3. The monoisotopic (exact) mass is 352 g/mol. The predicted molar refractivity (Wildman–Crippen MR) is 87.5 cm³/mol. The lowest BCUT2D eigenvalue weighted by atomic mass is 10.1. The second-order valence-electron chi connectivity index (χ2n) is 6.11. The van der Waals surface area contributed by atoms with Crippen LogP contribution in [0.1, 0.15) is 40.5 Å². The molecule has 1 amide bonds. The average Bonchev–Trinajstić information content (AvgIpc) is 3.06. The normalized spacial score (nSPS) is 18.2. The third-order valence-electron chi connectivity index (χ3n) is 4.37. The van der Waals surface area contributed by atoms with Crippen LogP contribution in [0.4, 0.5) is 18.9 Å². The molecule has 25 heavy (non-hydrogen) atoms. The smallest absolute Gasteiger partial charge is 0.320 e. The molecule has 1 fully saturated rings. The van der Waals surface area contributed by atoms with Crippen molar-refractivity contribution in [3.05, 3.63) is 47.3 Å². The van der Waals surface area contributed by atoms with Crippen LogP contribution in [-0.2, 0) is 6.18 Å². The number of aromatic nitrogens is 2. The summed E-state index contributed by atoms with van der Waals surface area (Å²) in [4.78, 5) is 12.3. The molecule has 0 spiro atoms. The van der Waals surface area contributed by atoms with E-state index in [2.05, 4.69) is 15.7 Å². The number of piperidine rings is 1. The number of alkyl halides is 3. The Morgan fingerprint density at radius 3 is 2.84 bits per heavy atom. The van der Waals surface area contributed by atoms with Crippen molar-refractivity contribution in [3.63, 3.8) is 0 Å². The summed E-state index contributed by atoms with van der Waals surface area (Å²) in [6, 6.07) is 5.48. The number of halogens is 3. The maximum absolute atomic E-state index is 13.0. The highest BCUT2D eigenvalue weighted by Crippen LogP contribution is 2.34. The molecule has 1 saturated heterocycles. The summed E-state index contributed by atoms with van der Waals surface area (Å²) in [5.74, 6) is -0.523. The number of carbonyl (C=O) groups is 1. The van der Waals surface area contributed by atoms with Crippen LogP contribution >= 0.6 is 0 Å². The predicted octanol–water partition coefficient (Wildman–Crippen LogP) is 3.39.